The van der Waals surface area contributed by atoms with Gasteiger partial charge in [-0.15, -0.1) is 0 Å². The number of hydrogen-bond acceptors (Lipinski definition) is 12. The number of nitrogens with one attached hydrogen (secondary N) is 1. The zero-order valence-corrected chi connectivity index (χ0v) is 24.5. The van der Waals surface area contributed by atoms with Crippen LogP contribution in [0.1, 0.15) is 28.4 Å². The van der Waals surface area contributed by atoms with Crippen LogP contribution in [0, 0.1) is 6.92 Å². The quantitative estimate of drug-likeness (QED) is 0.432. The van der Waals surface area contributed by atoms with Crippen molar-refractivity contribution in [1.29, 1.82) is 0 Å². The molecule has 2 aromatic heterocycles. The lowest BCUT2D eigenvalue weighted by Crippen LogP contribution is -2.48. The van der Waals surface area contributed by atoms with Crippen LogP contribution in [0.25, 0.3) is 11.3 Å². The van der Waals surface area contributed by atoms with Gasteiger partial charge in [-0.1, -0.05) is 13.0 Å². The molecule has 14 nitrogen and oxygen atoms in total. The molecule has 2 fully saturated rings. The zero-order valence-electron chi connectivity index (χ0n) is 24.5. The van der Waals surface area contributed by atoms with Crippen molar-refractivity contribution in [2.24, 2.45) is 0 Å². The number of nitrogen functional groups attached to an aromatic ring is 1. The number of ether oxygens (including phenoxy) is 1. The highest BCUT2D eigenvalue weighted by Gasteiger charge is 2.31. The van der Waals surface area contributed by atoms with Gasteiger partial charge >= 0.3 is 6.09 Å². The van der Waals surface area contributed by atoms with Gasteiger partial charge in [-0.05, 0) is 37.6 Å². The van der Waals surface area contributed by atoms with Crippen molar-refractivity contribution in [3.8, 4) is 11.3 Å². The van der Waals surface area contributed by atoms with E-state index < -0.39 is 6.09 Å². The zero-order chi connectivity index (χ0) is 29.9. The van der Waals surface area contributed by atoms with Crippen LogP contribution >= 0.6 is 0 Å². The number of hydroxylamine groups is 1. The van der Waals surface area contributed by atoms with Gasteiger partial charge in [0.15, 0.2) is 5.82 Å². The van der Waals surface area contributed by atoms with E-state index in [1.54, 1.807) is 30.6 Å². The summed E-state index contributed by atoms with van der Waals surface area (Å²) in [4.78, 5) is 56.4. The molecular formula is C29H36N10O4. The standard InChI is InChI=1S/C29H36N10O4/c1-3-36-9-11-37(12-10-36)26(40)21-5-4-6-23(19(21)2)33-29(41)43-39-8-7-22-24(20-17-31-27(30)32-18-20)34-28(35-25(22)39)38-13-15-42-16-14-38/h4-6,17-18H,3,7-16H2,1-2H3,(H,33,41)(H2,30,31,32). The average molecular weight is 589 g/mol. The van der Waals surface area contributed by atoms with E-state index in [0.29, 0.717) is 92.2 Å². The fourth-order valence-corrected chi connectivity index (χ4v) is 5.58. The Bertz CT molecular complexity index is 1490. The summed E-state index contributed by atoms with van der Waals surface area (Å²) >= 11 is 0. The normalized spacial score (nSPS) is 17.1. The number of hydrogen-bond donors (Lipinski definition) is 2. The molecule has 1 aromatic carbocycles. The Kier molecular flexibility index (Phi) is 8.20. The lowest BCUT2D eigenvalue weighted by molar-refractivity contribution is 0.0642. The highest BCUT2D eigenvalue weighted by atomic mass is 16.7. The van der Waals surface area contributed by atoms with Gasteiger partial charge in [0.05, 0.1) is 25.5 Å². The number of carbonyl (C=O) groups excluding carboxylic acids is 2. The summed E-state index contributed by atoms with van der Waals surface area (Å²) in [5.74, 6) is 1.15. The molecule has 5 heterocycles. The molecule has 0 spiro atoms. The Morgan fingerprint density at radius 1 is 1.02 bits per heavy atom. The summed E-state index contributed by atoms with van der Waals surface area (Å²) in [5.41, 5.74) is 9.67. The van der Waals surface area contributed by atoms with Crippen LogP contribution in [-0.4, -0.2) is 107 Å². The van der Waals surface area contributed by atoms with Crippen LogP contribution in [0.15, 0.2) is 30.6 Å². The molecule has 226 valence electrons. The van der Waals surface area contributed by atoms with E-state index in [-0.39, 0.29) is 11.9 Å². The third-order valence-electron chi connectivity index (χ3n) is 8.11. The minimum Gasteiger partial charge on any atom is -0.378 e. The maximum Gasteiger partial charge on any atom is 0.436 e. The maximum atomic E-state index is 13.3. The topological polar surface area (TPSA) is 155 Å². The number of nitrogens with zero attached hydrogens (tertiary/aromatic N) is 8. The highest BCUT2D eigenvalue weighted by Crippen LogP contribution is 2.35. The Labute approximate surface area is 249 Å². The predicted octanol–water partition coefficient (Wildman–Crippen LogP) is 1.96. The molecule has 43 heavy (non-hydrogen) atoms. The van der Waals surface area contributed by atoms with Gasteiger partial charge in [0.1, 0.15) is 0 Å². The molecule has 3 N–H and O–H groups in total. The van der Waals surface area contributed by atoms with Crippen LogP contribution in [0.4, 0.5) is 28.2 Å². The predicted molar refractivity (Wildman–Crippen MR) is 161 cm³/mol. The average Bonchev–Trinajstić information content (AvgIpc) is 3.44. The van der Waals surface area contributed by atoms with Crippen LogP contribution in [0.2, 0.25) is 0 Å². The SMILES string of the molecule is CCN1CCN(C(=O)c2cccc(NC(=O)ON3CCc4c(-c5cnc(N)nc5)nc(N5CCOCC5)nc43)c2C)CC1. The Balaban J connectivity index is 1.21. The second-order valence-corrected chi connectivity index (χ2v) is 10.7. The molecule has 3 aliphatic heterocycles. The molecule has 0 atom stereocenters. The summed E-state index contributed by atoms with van der Waals surface area (Å²) in [6.07, 6.45) is 3.14. The van der Waals surface area contributed by atoms with Crippen LogP contribution in [0.3, 0.4) is 0 Å². The monoisotopic (exact) mass is 588 g/mol. The van der Waals surface area contributed by atoms with Crippen LogP contribution < -0.4 is 21.0 Å². The first-order valence-electron chi connectivity index (χ1n) is 14.6. The number of piperazine rings is 1. The first kappa shape index (κ1) is 28.6. The number of morpholine rings is 1. The summed E-state index contributed by atoms with van der Waals surface area (Å²) in [6.45, 7) is 10.8. The molecule has 3 aromatic rings. The molecule has 0 saturated carbocycles. The van der Waals surface area contributed by atoms with Gasteiger partial charge < -0.3 is 30.0 Å². The van der Waals surface area contributed by atoms with E-state index in [1.165, 1.54) is 5.06 Å². The molecule has 0 aliphatic carbocycles. The molecule has 0 radical (unpaired) electrons. The van der Waals surface area contributed by atoms with Crippen molar-refractivity contribution in [1.82, 2.24) is 29.7 Å². The Morgan fingerprint density at radius 2 is 1.77 bits per heavy atom. The third kappa shape index (κ3) is 6.01. The lowest BCUT2D eigenvalue weighted by Gasteiger charge is -2.34. The Morgan fingerprint density at radius 3 is 2.49 bits per heavy atom. The second kappa shape index (κ2) is 12.4. The van der Waals surface area contributed by atoms with E-state index in [1.807, 2.05) is 16.7 Å². The summed E-state index contributed by atoms with van der Waals surface area (Å²) < 4.78 is 5.50. The van der Waals surface area contributed by atoms with Crippen molar-refractivity contribution in [3.63, 3.8) is 0 Å². The van der Waals surface area contributed by atoms with Crippen LogP contribution in [0.5, 0.6) is 0 Å². The smallest absolute Gasteiger partial charge is 0.378 e. The highest BCUT2D eigenvalue weighted by molar-refractivity contribution is 5.98. The van der Waals surface area contributed by atoms with E-state index in [2.05, 4.69) is 27.1 Å². The number of benzene rings is 1. The fraction of sp³-hybridized carbons (Fsp3) is 0.448. The van der Waals surface area contributed by atoms with Crippen LogP contribution in [-0.2, 0) is 16.0 Å². The number of fused-ring (bicyclic) bond motifs is 1. The molecule has 6 rings (SSSR count). The molecule has 0 unspecified atom stereocenters. The Hall–Kier alpha value is -4.56. The number of aromatic nitrogens is 4. The number of likely N-dealkylation sites (N-methyl/N-ethyl adjacent to an activating group) is 1. The molecule has 0 bridgehead atoms. The van der Waals surface area contributed by atoms with E-state index in [0.717, 1.165) is 25.2 Å². The van der Waals surface area contributed by atoms with Crippen molar-refractivity contribution in [2.75, 3.05) is 86.6 Å². The molecule has 2 saturated heterocycles. The van der Waals surface area contributed by atoms with E-state index >= 15 is 0 Å². The molecular weight excluding hydrogens is 552 g/mol. The number of carbonyl (C=O) groups is 2. The van der Waals surface area contributed by atoms with Crippen molar-refractivity contribution >= 4 is 35.4 Å². The minimum absolute atomic E-state index is 0.0368. The second-order valence-electron chi connectivity index (χ2n) is 10.7. The van der Waals surface area contributed by atoms with Gasteiger partial charge in [-0.2, -0.15) is 10.0 Å². The number of anilines is 4. The van der Waals surface area contributed by atoms with E-state index in [9.17, 15) is 9.59 Å². The summed E-state index contributed by atoms with van der Waals surface area (Å²) in [5, 5.41) is 4.31. The van der Waals surface area contributed by atoms with Gasteiger partial charge in [-0.25, -0.2) is 19.7 Å². The van der Waals surface area contributed by atoms with Crippen molar-refractivity contribution in [3.05, 3.63) is 47.3 Å². The first-order valence-corrected chi connectivity index (χ1v) is 14.6. The number of nitrogens with two attached hydrogens (primary N) is 1. The third-order valence-corrected chi connectivity index (χ3v) is 8.11. The van der Waals surface area contributed by atoms with Gasteiger partial charge in [0.2, 0.25) is 11.9 Å². The lowest BCUT2D eigenvalue weighted by atomic mass is 10.0. The molecule has 2 amide bonds. The van der Waals surface area contributed by atoms with Gasteiger partial charge in [0, 0.05) is 74.0 Å². The molecule has 14 heteroatoms. The largest absolute Gasteiger partial charge is 0.436 e. The van der Waals surface area contributed by atoms with Crippen molar-refractivity contribution < 1.29 is 19.2 Å². The first-order chi connectivity index (χ1) is 20.9. The maximum absolute atomic E-state index is 13.3. The van der Waals surface area contributed by atoms with Gasteiger partial charge in [-0.3, -0.25) is 10.1 Å². The summed E-state index contributed by atoms with van der Waals surface area (Å²) in [7, 11) is 0. The van der Waals surface area contributed by atoms with Crippen molar-refractivity contribution in [2.45, 2.75) is 20.3 Å². The van der Waals surface area contributed by atoms with Gasteiger partial charge in [0.25, 0.3) is 5.91 Å². The number of rotatable bonds is 6. The van der Waals surface area contributed by atoms with E-state index in [4.69, 9.17) is 25.3 Å². The minimum atomic E-state index is -0.680. The fourth-order valence-electron chi connectivity index (χ4n) is 5.58. The molecule has 3 aliphatic rings. The number of amides is 2. The summed E-state index contributed by atoms with van der Waals surface area (Å²) in [6, 6.07) is 5.33.